The van der Waals surface area contributed by atoms with Crippen LogP contribution in [0.15, 0.2) is 85.3 Å². The highest BCUT2D eigenvalue weighted by Gasteiger charge is 2.59. The molecule has 0 spiro atoms. The van der Waals surface area contributed by atoms with E-state index in [1.54, 1.807) is 36.9 Å². The molecule has 7 rings (SSSR count). The lowest BCUT2D eigenvalue weighted by atomic mass is 9.93. The molecule has 0 bridgehead atoms. The fourth-order valence-electron chi connectivity index (χ4n) is 6.24. The summed E-state index contributed by atoms with van der Waals surface area (Å²) in [5.41, 5.74) is 1.25. The maximum Gasteiger partial charge on any atom is 0.408 e. The van der Waals surface area contributed by atoms with E-state index in [2.05, 4.69) is 25.4 Å². The summed E-state index contributed by atoms with van der Waals surface area (Å²) >= 11 is 0. The predicted molar refractivity (Wildman–Crippen MR) is 179 cm³/mol. The number of Topliss-reactive ketones (excluding diaryl/α,β-unsaturated/α-hetero) is 1. The molecule has 3 aromatic heterocycles. The number of carbonyl (C=O) groups is 3. The number of rotatable bonds is 10. The molecule has 5 aromatic rings. The molecular formula is C37H33F2N7O5. The van der Waals surface area contributed by atoms with E-state index in [9.17, 15) is 23.2 Å². The van der Waals surface area contributed by atoms with Crippen LogP contribution >= 0.6 is 0 Å². The third-order valence-electron chi connectivity index (χ3n) is 9.06. The lowest BCUT2D eigenvalue weighted by molar-refractivity contribution is 0.0746. The second kappa shape index (κ2) is 13.3. The molecule has 3 atom stereocenters. The number of fused-ring (bicyclic) bond motifs is 1. The summed E-state index contributed by atoms with van der Waals surface area (Å²) < 4.78 is 41.2. The lowest BCUT2D eigenvalue weighted by Crippen LogP contribution is -2.41. The number of likely N-dealkylation sites (tertiary alicyclic amines) is 1. The van der Waals surface area contributed by atoms with E-state index in [0.717, 1.165) is 17.7 Å². The molecule has 260 valence electrons. The summed E-state index contributed by atoms with van der Waals surface area (Å²) in [6.07, 6.45) is 3.63. The minimum absolute atomic E-state index is 0.00139. The molecule has 4 heterocycles. The van der Waals surface area contributed by atoms with Gasteiger partial charge in [0.15, 0.2) is 17.4 Å². The number of ether oxygens (including phenoxy) is 2. The van der Waals surface area contributed by atoms with E-state index >= 15 is 0 Å². The van der Waals surface area contributed by atoms with Gasteiger partial charge in [-0.05, 0) is 55.3 Å². The third kappa shape index (κ3) is 7.02. The van der Waals surface area contributed by atoms with Crippen molar-refractivity contribution in [2.24, 2.45) is 11.8 Å². The fourth-order valence-corrected chi connectivity index (χ4v) is 6.24. The number of aromatic nitrogens is 5. The van der Waals surface area contributed by atoms with Gasteiger partial charge in [-0.3, -0.25) is 9.59 Å². The Morgan fingerprint density at radius 3 is 2.35 bits per heavy atom. The monoisotopic (exact) mass is 693 g/mol. The normalized spacial score (nSPS) is 17.8. The zero-order valence-electron chi connectivity index (χ0n) is 27.9. The third-order valence-corrected chi connectivity index (χ3v) is 9.06. The first-order valence-electron chi connectivity index (χ1n) is 16.3. The molecule has 2 fully saturated rings. The first-order valence-corrected chi connectivity index (χ1v) is 16.3. The van der Waals surface area contributed by atoms with E-state index < -0.39 is 23.3 Å². The van der Waals surface area contributed by atoms with Crippen LogP contribution in [0.5, 0.6) is 5.88 Å². The van der Waals surface area contributed by atoms with Crippen LogP contribution in [0, 0.1) is 23.5 Å². The summed E-state index contributed by atoms with van der Waals surface area (Å²) in [6.45, 7) is 5.75. The van der Waals surface area contributed by atoms with Crippen molar-refractivity contribution in [2.75, 3.05) is 13.1 Å². The molecule has 2 aromatic carbocycles. The number of hydrogen-bond acceptors (Lipinski definition) is 9. The molecule has 12 nitrogen and oxygen atoms in total. The maximum atomic E-state index is 14.3. The average Bonchev–Trinajstić information content (AvgIpc) is 3.45. The molecule has 1 aliphatic carbocycles. The van der Waals surface area contributed by atoms with Gasteiger partial charge in [-0.2, -0.15) is 5.10 Å². The SMILES string of the molecule is CC(=O)c1nn(-c2ncccn2)cc1C(=O)N1C[C@@H]2[C@H](C1)[C@H]2Oc1cc(C(C)(C)NC(=O)OCc2ccccc2)cc(-c2ccc(F)c(F)c2)n1. The predicted octanol–water partition coefficient (Wildman–Crippen LogP) is 5.52. The molecule has 0 unspecified atom stereocenters. The second-order valence-corrected chi connectivity index (χ2v) is 13.1. The lowest BCUT2D eigenvalue weighted by Gasteiger charge is -2.27. The highest BCUT2D eigenvalue weighted by Crippen LogP contribution is 2.48. The average molecular weight is 694 g/mol. The van der Waals surface area contributed by atoms with Crippen LogP contribution in [0.4, 0.5) is 13.6 Å². The number of nitrogens with zero attached hydrogens (tertiary/aromatic N) is 6. The van der Waals surface area contributed by atoms with Crippen LogP contribution in [0.25, 0.3) is 17.2 Å². The zero-order chi connectivity index (χ0) is 35.9. The largest absolute Gasteiger partial charge is 0.474 e. The Morgan fingerprint density at radius 2 is 1.67 bits per heavy atom. The van der Waals surface area contributed by atoms with Gasteiger partial charge in [-0.25, -0.2) is 33.2 Å². The van der Waals surface area contributed by atoms with E-state index in [0.29, 0.717) is 29.9 Å². The summed E-state index contributed by atoms with van der Waals surface area (Å²) in [5, 5.41) is 7.15. The molecule has 1 saturated carbocycles. The molecule has 2 amide bonds. The smallest absolute Gasteiger partial charge is 0.408 e. The highest BCUT2D eigenvalue weighted by molar-refractivity contribution is 6.06. The molecule has 14 heteroatoms. The molecule has 51 heavy (non-hydrogen) atoms. The van der Waals surface area contributed by atoms with Crippen molar-refractivity contribution in [1.29, 1.82) is 0 Å². The number of nitrogens with one attached hydrogen (secondary N) is 1. The van der Waals surface area contributed by atoms with E-state index in [-0.39, 0.29) is 59.3 Å². The fraction of sp³-hybridized carbons (Fsp3) is 0.270. The minimum atomic E-state index is -1.03. The van der Waals surface area contributed by atoms with Crippen LogP contribution in [-0.4, -0.2) is 66.6 Å². The number of amides is 2. The van der Waals surface area contributed by atoms with Crippen LogP contribution in [0.2, 0.25) is 0 Å². The molecule has 1 saturated heterocycles. The summed E-state index contributed by atoms with van der Waals surface area (Å²) in [5.74, 6) is -2.26. The zero-order valence-corrected chi connectivity index (χ0v) is 27.9. The van der Waals surface area contributed by atoms with Crippen molar-refractivity contribution < 1.29 is 32.6 Å². The quantitative estimate of drug-likeness (QED) is 0.187. The van der Waals surface area contributed by atoms with Crippen molar-refractivity contribution in [3.63, 3.8) is 0 Å². The first kappa shape index (κ1) is 33.4. The van der Waals surface area contributed by atoms with Crippen molar-refractivity contribution >= 4 is 17.8 Å². The van der Waals surface area contributed by atoms with E-state index in [1.165, 1.54) is 36.3 Å². The van der Waals surface area contributed by atoms with Crippen LogP contribution < -0.4 is 10.1 Å². The Hall–Kier alpha value is -6.05. The first-order chi connectivity index (χ1) is 24.5. The van der Waals surface area contributed by atoms with Crippen LogP contribution in [0.1, 0.15) is 52.7 Å². The van der Waals surface area contributed by atoms with E-state index in [4.69, 9.17) is 9.47 Å². The Balaban J connectivity index is 1.08. The molecule has 1 aliphatic heterocycles. The topological polar surface area (TPSA) is 141 Å². The summed E-state index contributed by atoms with van der Waals surface area (Å²) in [4.78, 5) is 53.4. The Kier molecular flexibility index (Phi) is 8.75. The molecular weight excluding hydrogens is 660 g/mol. The maximum absolute atomic E-state index is 14.3. The number of hydrogen-bond donors (Lipinski definition) is 1. The van der Waals surface area contributed by atoms with Crippen molar-refractivity contribution in [2.45, 2.75) is 39.0 Å². The second-order valence-electron chi connectivity index (χ2n) is 13.1. The van der Waals surface area contributed by atoms with Crippen LogP contribution in [-0.2, 0) is 16.9 Å². The van der Waals surface area contributed by atoms with Gasteiger partial charge in [0.1, 0.15) is 18.4 Å². The van der Waals surface area contributed by atoms with Gasteiger partial charge in [-0.15, -0.1) is 0 Å². The molecule has 1 N–H and O–H groups in total. The minimum Gasteiger partial charge on any atom is -0.474 e. The Bertz CT molecular complexity index is 2110. The van der Waals surface area contributed by atoms with E-state index in [1.807, 2.05) is 30.3 Å². The van der Waals surface area contributed by atoms with Crippen molar-refractivity contribution in [3.05, 3.63) is 119 Å². The van der Waals surface area contributed by atoms with Crippen molar-refractivity contribution in [1.82, 2.24) is 34.9 Å². The Morgan fingerprint density at radius 1 is 0.941 bits per heavy atom. The van der Waals surface area contributed by atoms with Gasteiger partial charge in [0, 0.05) is 62.1 Å². The Labute approximate surface area is 291 Å². The summed E-state index contributed by atoms with van der Waals surface area (Å²) in [6, 6.07) is 17.8. The van der Waals surface area contributed by atoms with Crippen LogP contribution in [0.3, 0.4) is 0 Å². The number of pyridine rings is 1. The number of alkyl carbamates (subject to hydrolysis) is 1. The number of carbonyl (C=O) groups excluding carboxylic acids is 3. The van der Waals surface area contributed by atoms with Gasteiger partial charge in [-0.1, -0.05) is 30.3 Å². The molecule has 0 radical (unpaired) electrons. The van der Waals surface area contributed by atoms with Gasteiger partial charge in [0.25, 0.3) is 5.91 Å². The number of ketones is 1. The number of piperidine rings is 1. The number of benzene rings is 2. The van der Waals surface area contributed by atoms with Gasteiger partial charge in [0.2, 0.25) is 11.8 Å². The van der Waals surface area contributed by atoms with Gasteiger partial charge >= 0.3 is 6.09 Å². The standard InChI is InChI=1S/C37H33F2N7O5/c1-21(47)32-27(19-46(44-32)35-40-12-7-13-41-35)34(48)45-17-25-26(18-45)33(25)51-31-16-24(15-30(42-31)23-10-11-28(38)29(39)14-23)37(2,3)43-36(49)50-20-22-8-5-4-6-9-22/h4-16,19,25-26,33H,17-18,20H2,1-3H3,(H,43,49)/t25-,26+,33+. The van der Waals surface area contributed by atoms with Gasteiger partial charge < -0.3 is 19.7 Å². The highest BCUT2D eigenvalue weighted by atomic mass is 19.2. The summed E-state index contributed by atoms with van der Waals surface area (Å²) in [7, 11) is 0. The van der Waals surface area contributed by atoms with Crippen molar-refractivity contribution in [3.8, 4) is 23.1 Å². The van der Waals surface area contributed by atoms with Gasteiger partial charge in [0.05, 0.1) is 16.8 Å². The number of halogens is 2. The molecule has 2 aliphatic rings.